The number of hydrogen-bond donors (Lipinski definition) is 1. The van der Waals surface area contributed by atoms with Gasteiger partial charge in [-0.3, -0.25) is 4.79 Å². The Bertz CT molecular complexity index is 423. The van der Waals surface area contributed by atoms with E-state index in [1.54, 1.807) is 19.1 Å². The number of carbonyl (C=O) groups excluding carboxylic acids is 1. The molecule has 0 fully saturated rings. The summed E-state index contributed by atoms with van der Waals surface area (Å²) in [6, 6.07) is 6.11. The molecule has 0 aliphatic rings. The monoisotopic (exact) mass is 296 g/mol. The third kappa shape index (κ3) is 5.71. The number of halogens is 1. The van der Waals surface area contributed by atoms with Crippen LogP contribution >= 0.6 is 0 Å². The Morgan fingerprint density at radius 1 is 1.29 bits per heavy atom. The number of nitrogens with zero attached hydrogens (tertiary/aromatic N) is 1. The number of ether oxygens (including phenoxy) is 1. The van der Waals surface area contributed by atoms with E-state index in [1.807, 2.05) is 13.8 Å². The van der Waals surface area contributed by atoms with Crippen molar-refractivity contribution in [2.75, 3.05) is 31.1 Å². The number of esters is 1. The highest BCUT2D eigenvalue weighted by Gasteiger charge is 2.19. The van der Waals surface area contributed by atoms with Crippen LogP contribution in [0.5, 0.6) is 0 Å². The van der Waals surface area contributed by atoms with Gasteiger partial charge in [-0.1, -0.05) is 6.92 Å². The zero-order valence-electron chi connectivity index (χ0n) is 13.1. The lowest BCUT2D eigenvalue weighted by Crippen LogP contribution is -2.41. The zero-order valence-corrected chi connectivity index (χ0v) is 13.1. The van der Waals surface area contributed by atoms with Crippen molar-refractivity contribution >= 4 is 11.7 Å². The van der Waals surface area contributed by atoms with E-state index in [0.717, 1.165) is 12.2 Å². The van der Waals surface area contributed by atoms with E-state index in [9.17, 15) is 9.18 Å². The lowest BCUT2D eigenvalue weighted by Gasteiger charge is -2.25. The van der Waals surface area contributed by atoms with Crippen molar-refractivity contribution in [1.29, 1.82) is 0 Å². The topological polar surface area (TPSA) is 41.6 Å². The summed E-state index contributed by atoms with van der Waals surface area (Å²) in [4.78, 5) is 14.0. The number of anilines is 1. The van der Waals surface area contributed by atoms with Gasteiger partial charge in [-0.05, 0) is 51.1 Å². The van der Waals surface area contributed by atoms with Gasteiger partial charge >= 0.3 is 5.97 Å². The molecule has 0 aliphatic heterocycles. The van der Waals surface area contributed by atoms with E-state index >= 15 is 0 Å². The molecule has 0 bridgehead atoms. The molecule has 0 saturated heterocycles. The minimum Gasteiger partial charge on any atom is -0.465 e. The molecule has 0 aliphatic carbocycles. The van der Waals surface area contributed by atoms with Gasteiger partial charge in [0.05, 0.1) is 6.61 Å². The summed E-state index contributed by atoms with van der Waals surface area (Å²) < 4.78 is 18.0. The quantitative estimate of drug-likeness (QED) is 0.711. The van der Waals surface area contributed by atoms with Crippen molar-refractivity contribution in [2.45, 2.75) is 33.2 Å². The van der Waals surface area contributed by atoms with Crippen LogP contribution in [0, 0.1) is 5.82 Å². The molecule has 0 amide bonds. The van der Waals surface area contributed by atoms with Gasteiger partial charge in [-0.15, -0.1) is 0 Å². The molecule has 1 atom stereocenters. The molecule has 4 nitrogen and oxygen atoms in total. The van der Waals surface area contributed by atoms with Gasteiger partial charge < -0.3 is 15.0 Å². The maximum absolute atomic E-state index is 13.0. The molecule has 0 saturated carbocycles. The van der Waals surface area contributed by atoms with Gasteiger partial charge in [0, 0.05) is 18.8 Å². The average Bonchev–Trinajstić information content (AvgIpc) is 2.48. The third-order valence-electron chi connectivity index (χ3n) is 3.28. The normalized spacial score (nSPS) is 12.0. The molecular formula is C16H25FN2O2. The first-order valence-corrected chi connectivity index (χ1v) is 7.52. The Morgan fingerprint density at radius 2 is 1.95 bits per heavy atom. The summed E-state index contributed by atoms with van der Waals surface area (Å²) in [5, 5.41) is 3.15. The molecule has 1 aromatic carbocycles. The fourth-order valence-corrected chi connectivity index (χ4v) is 2.20. The summed E-state index contributed by atoms with van der Waals surface area (Å²) in [5.74, 6) is -0.457. The van der Waals surface area contributed by atoms with Crippen LogP contribution in [-0.2, 0) is 9.53 Å². The predicted octanol–water partition coefficient (Wildman–Crippen LogP) is 2.58. The fraction of sp³-hybridized carbons (Fsp3) is 0.562. The molecule has 1 unspecified atom stereocenters. The standard InChI is InChI=1S/C16H25FN2O2/c1-4-18-15(16(20)21-6-3)11-12-19(5-2)14-9-7-13(17)8-10-14/h7-10,15,18H,4-6,11-12H2,1-3H3. The minimum absolute atomic E-state index is 0.213. The van der Waals surface area contributed by atoms with E-state index in [0.29, 0.717) is 26.1 Å². The Morgan fingerprint density at radius 3 is 2.48 bits per heavy atom. The summed E-state index contributed by atoms with van der Waals surface area (Å²) >= 11 is 0. The second-order valence-corrected chi connectivity index (χ2v) is 4.71. The van der Waals surface area contributed by atoms with Crippen LogP contribution in [0.4, 0.5) is 10.1 Å². The highest BCUT2D eigenvalue weighted by molar-refractivity contribution is 5.75. The Hall–Kier alpha value is -1.62. The van der Waals surface area contributed by atoms with Crippen molar-refractivity contribution in [3.05, 3.63) is 30.1 Å². The molecule has 0 aromatic heterocycles. The predicted molar refractivity (Wildman–Crippen MR) is 83.0 cm³/mol. The van der Waals surface area contributed by atoms with Gasteiger partial charge in [0.2, 0.25) is 0 Å². The number of likely N-dealkylation sites (N-methyl/N-ethyl adjacent to an activating group) is 1. The van der Waals surface area contributed by atoms with Gasteiger partial charge in [0.15, 0.2) is 0 Å². The second kappa shape index (κ2) is 9.34. The van der Waals surface area contributed by atoms with Gasteiger partial charge in [-0.25, -0.2) is 4.39 Å². The smallest absolute Gasteiger partial charge is 0.323 e. The number of hydrogen-bond acceptors (Lipinski definition) is 4. The van der Waals surface area contributed by atoms with Crippen molar-refractivity contribution in [3.8, 4) is 0 Å². The number of rotatable bonds is 9. The van der Waals surface area contributed by atoms with Crippen LogP contribution in [0.3, 0.4) is 0 Å². The zero-order chi connectivity index (χ0) is 15.7. The van der Waals surface area contributed by atoms with Crippen molar-refractivity contribution in [2.24, 2.45) is 0 Å². The van der Waals surface area contributed by atoms with Crippen LogP contribution in [0.15, 0.2) is 24.3 Å². The first-order valence-electron chi connectivity index (χ1n) is 7.52. The van der Waals surface area contributed by atoms with Crippen LogP contribution in [0.1, 0.15) is 27.2 Å². The van der Waals surface area contributed by atoms with Crippen LogP contribution in [0.2, 0.25) is 0 Å². The maximum atomic E-state index is 13.0. The second-order valence-electron chi connectivity index (χ2n) is 4.71. The van der Waals surface area contributed by atoms with Crippen molar-refractivity contribution < 1.29 is 13.9 Å². The fourth-order valence-electron chi connectivity index (χ4n) is 2.20. The molecule has 0 heterocycles. The Labute approximate surface area is 126 Å². The summed E-state index contributed by atoms with van der Waals surface area (Å²) in [7, 11) is 0. The van der Waals surface area contributed by atoms with E-state index in [-0.39, 0.29) is 17.8 Å². The molecule has 1 aromatic rings. The van der Waals surface area contributed by atoms with Crippen LogP contribution in [-0.4, -0.2) is 38.3 Å². The van der Waals surface area contributed by atoms with E-state index in [1.165, 1.54) is 12.1 Å². The lowest BCUT2D eigenvalue weighted by molar-refractivity contribution is -0.145. The maximum Gasteiger partial charge on any atom is 0.323 e. The number of nitrogens with one attached hydrogen (secondary N) is 1. The first-order chi connectivity index (χ1) is 10.1. The molecular weight excluding hydrogens is 271 g/mol. The molecule has 118 valence electrons. The molecule has 1 N–H and O–H groups in total. The Balaban J connectivity index is 2.62. The van der Waals surface area contributed by atoms with E-state index in [2.05, 4.69) is 10.2 Å². The van der Waals surface area contributed by atoms with Crippen molar-refractivity contribution in [3.63, 3.8) is 0 Å². The summed E-state index contributed by atoms with van der Waals surface area (Å²) in [5.41, 5.74) is 0.956. The van der Waals surface area contributed by atoms with Crippen LogP contribution < -0.4 is 10.2 Å². The SMILES string of the molecule is CCNC(CCN(CC)c1ccc(F)cc1)C(=O)OCC. The van der Waals surface area contributed by atoms with Crippen LogP contribution in [0.25, 0.3) is 0 Å². The van der Waals surface area contributed by atoms with E-state index in [4.69, 9.17) is 4.74 Å². The Kier molecular flexibility index (Phi) is 7.75. The van der Waals surface area contributed by atoms with Gasteiger partial charge in [0.1, 0.15) is 11.9 Å². The average molecular weight is 296 g/mol. The summed E-state index contributed by atoms with van der Waals surface area (Å²) in [6.07, 6.45) is 0.651. The molecule has 0 spiro atoms. The minimum atomic E-state index is -0.301. The number of carbonyl (C=O) groups is 1. The highest BCUT2D eigenvalue weighted by atomic mass is 19.1. The van der Waals surface area contributed by atoms with Crippen molar-refractivity contribution in [1.82, 2.24) is 5.32 Å². The van der Waals surface area contributed by atoms with E-state index < -0.39 is 0 Å². The molecule has 0 radical (unpaired) electrons. The summed E-state index contributed by atoms with van der Waals surface area (Å²) in [6.45, 7) is 8.41. The van der Waals surface area contributed by atoms with Gasteiger partial charge in [-0.2, -0.15) is 0 Å². The lowest BCUT2D eigenvalue weighted by atomic mass is 10.2. The highest BCUT2D eigenvalue weighted by Crippen LogP contribution is 2.15. The molecule has 5 heteroatoms. The molecule has 21 heavy (non-hydrogen) atoms. The first kappa shape index (κ1) is 17.4. The largest absolute Gasteiger partial charge is 0.465 e. The number of benzene rings is 1. The third-order valence-corrected chi connectivity index (χ3v) is 3.28. The van der Waals surface area contributed by atoms with Gasteiger partial charge in [0.25, 0.3) is 0 Å². The molecule has 1 rings (SSSR count).